The fraction of sp³-hybridized carbons (Fsp3) is 0.429. The van der Waals surface area contributed by atoms with Gasteiger partial charge in [-0.25, -0.2) is 9.37 Å². The molecule has 1 N–H and O–H groups in total. The van der Waals surface area contributed by atoms with Gasteiger partial charge < -0.3 is 15.0 Å². The van der Waals surface area contributed by atoms with E-state index in [9.17, 15) is 22.4 Å². The molecule has 0 bridgehead atoms. The number of amides is 1. The average molecular weight is 425 g/mol. The second kappa shape index (κ2) is 8.89. The molecule has 1 aliphatic heterocycles. The lowest BCUT2D eigenvalue weighted by atomic mass is 9.90. The van der Waals surface area contributed by atoms with E-state index in [1.54, 1.807) is 4.90 Å². The number of hydrogen-bond acceptors (Lipinski definition) is 4. The van der Waals surface area contributed by atoms with E-state index in [1.165, 1.54) is 31.4 Å². The van der Waals surface area contributed by atoms with Crippen LogP contribution in [0.2, 0.25) is 0 Å². The molecule has 162 valence electrons. The lowest BCUT2D eigenvalue weighted by molar-refractivity contribution is -0.137. The van der Waals surface area contributed by atoms with Crippen molar-refractivity contribution in [3.05, 3.63) is 53.5 Å². The number of nitrogens with zero attached hydrogens (tertiary/aromatic N) is 2. The number of alkyl halides is 3. The van der Waals surface area contributed by atoms with Crippen LogP contribution in [0, 0.1) is 11.7 Å². The Morgan fingerprint density at radius 3 is 2.70 bits per heavy atom. The fourth-order valence-corrected chi connectivity index (χ4v) is 3.73. The van der Waals surface area contributed by atoms with E-state index in [0.29, 0.717) is 13.1 Å². The minimum absolute atomic E-state index is 0.100. The molecule has 0 aliphatic carbocycles. The maximum absolute atomic E-state index is 14.0. The van der Waals surface area contributed by atoms with Crippen LogP contribution in [0.5, 0.6) is 5.75 Å². The number of rotatable bonds is 5. The summed E-state index contributed by atoms with van der Waals surface area (Å²) in [5, 5.41) is 3.02. The van der Waals surface area contributed by atoms with Crippen molar-refractivity contribution >= 4 is 11.7 Å². The number of halogens is 4. The maximum Gasteiger partial charge on any atom is 0.417 e. The van der Waals surface area contributed by atoms with E-state index in [0.717, 1.165) is 25.1 Å². The summed E-state index contributed by atoms with van der Waals surface area (Å²) in [6, 6.07) is 6.19. The third kappa shape index (κ3) is 4.66. The van der Waals surface area contributed by atoms with Gasteiger partial charge in [0.2, 0.25) is 0 Å². The van der Waals surface area contributed by atoms with Gasteiger partial charge >= 0.3 is 6.18 Å². The number of piperidine rings is 1. The summed E-state index contributed by atoms with van der Waals surface area (Å²) in [4.78, 5) is 18.7. The number of nitrogens with one attached hydrogen (secondary N) is 1. The first kappa shape index (κ1) is 21.9. The second-order valence-electron chi connectivity index (χ2n) is 7.32. The highest BCUT2D eigenvalue weighted by molar-refractivity contribution is 5.97. The van der Waals surface area contributed by atoms with Gasteiger partial charge in [0.15, 0.2) is 11.6 Å². The molecule has 2 aromatic rings. The third-order valence-corrected chi connectivity index (χ3v) is 5.36. The van der Waals surface area contributed by atoms with Crippen molar-refractivity contribution < 1.29 is 27.1 Å². The molecule has 1 aromatic heterocycles. The fourth-order valence-electron chi connectivity index (χ4n) is 3.73. The molecule has 0 spiro atoms. The van der Waals surface area contributed by atoms with Crippen LogP contribution >= 0.6 is 0 Å². The molecule has 0 saturated carbocycles. The zero-order chi connectivity index (χ0) is 21.9. The Bertz CT molecular complexity index is 887. The van der Waals surface area contributed by atoms with Gasteiger partial charge in [0.05, 0.1) is 24.3 Å². The van der Waals surface area contributed by atoms with Gasteiger partial charge in [-0.15, -0.1) is 0 Å². The predicted molar refractivity (Wildman–Crippen MR) is 104 cm³/mol. The highest BCUT2D eigenvalue weighted by Crippen LogP contribution is 2.31. The summed E-state index contributed by atoms with van der Waals surface area (Å²) in [5.41, 5.74) is -0.682. The van der Waals surface area contributed by atoms with Crippen molar-refractivity contribution in [1.29, 1.82) is 0 Å². The molecule has 1 saturated heterocycles. The molecule has 1 fully saturated rings. The largest absolute Gasteiger partial charge is 0.493 e. The molecular weight excluding hydrogens is 402 g/mol. The van der Waals surface area contributed by atoms with Crippen LogP contribution in [0.15, 0.2) is 36.5 Å². The molecule has 1 amide bonds. The Labute approximate surface area is 172 Å². The van der Waals surface area contributed by atoms with Crippen LogP contribution in [-0.2, 0) is 6.18 Å². The number of aromatic nitrogens is 1. The number of hydrogen-bond donors (Lipinski definition) is 1. The Balaban J connectivity index is 1.77. The van der Waals surface area contributed by atoms with Crippen molar-refractivity contribution in [2.24, 2.45) is 5.92 Å². The monoisotopic (exact) mass is 425 g/mol. The zero-order valence-corrected chi connectivity index (χ0v) is 16.7. The molecule has 9 heteroatoms. The predicted octanol–water partition coefficient (Wildman–Crippen LogP) is 4.60. The summed E-state index contributed by atoms with van der Waals surface area (Å²) in [6.45, 7) is 2.81. The standard InChI is InChI=1S/C21H23F4N3O2/c1-13-5-4-10-28(20(29)15-6-3-7-16(22)19(15)30-2)17(13)12-27-18-9-8-14(11-26-18)21(23,24)25/h3,6-9,11,13,17H,4-5,10,12H2,1-2H3,(H,26,27)/t13-,17?/m1/s1. The topological polar surface area (TPSA) is 54.5 Å². The number of pyridine rings is 1. The number of likely N-dealkylation sites (tertiary alicyclic amines) is 1. The van der Waals surface area contributed by atoms with Crippen molar-refractivity contribution in [1.82, 2.24) is 9.88 Å². The number of carbonyl (C=O) groups is 1. The van der Waals surface area contributed by atoms with Crippen molar-refractivity contribution in [2.75, 3.05) is 25.5 Å². The number of benzene rings is 1. The first-order valence-corrected chi connectivity index (χ1v) is 9.63. The van der Waals surface area contributed by atoms with Crippen molar-refractivity contribution in [2.45, 2.75) is 32.0 Å². The first-order valence-electron chi connectivity index (χ1n) is 9.63. The molecule has 2 atom stereocenters. The lowest BCUT2D eigenvalue weighted by Gasteiger charge is -2.40. The van der Waals surface area contributed by atoms with E-state index >= 15 is 0 Å². The van der Waals surface area contributed by atoms with E-state index in [-0.39, 0.29) is 35.0 Å². The molecule has 2 heterocycles. The van der Waals surface area contributed by atoms with Crippen LogP contribution in [0.25, 0.3) is 0 Å². The average Bonchev–Trinajstić information content (AvgIpc) is 2.71. The molecule has 3 rings (SSSR count). The van der Waals surface area contributed by atoms with Gasteiger partial charge in [-0.1, -0.05) is 13.0 Å². The normalized spacial score (nSPS) is 19.5. The van der Waals surface area contributed by atoms with E-state index in [4.69, 9.17) is 4.74 Å². The molecule has 1 aliphatic rings. The van der Waals surface area contributed by atoms with Gasteiger partial charge in [0, 0.05) is 19.3 Å². The molecule has 0 radical (unpaired) electrons. The second-order valence-corrected chi connectivity index (χ2v) is 7.32. The van der Waals surface area contributed by atoms with Gasteiger partial charge in [0.1, 0.15) is 5.82 Å². The molecule has 30 heavy (non-hydrogen) atoms. The van der Waals surface area contributed by atoms with E-state index < -0.39 is 17.6 Å². The number of methoxy groups -OCH3 is 1. The summed E-state index contributed by atoms with van der Waals surface area (Å²) >= 11 is 0. The summed E-state index contributed by atoms with van der Waals surface area (Å²) in [7, 11) is 1.31. The van der Waals surface area contributed by atoms with Crippen LogP contribution in [0.1, 0.15) is 35.7 Å². The summed E-state index contributed by atoms with van der Waals surface area (Å²) in [6.07, 6.45) is -1.97. The third-order valence-electron chi connectivity index (χ3n) is 5.36. The van der Waals surface area contributed by atoms with Crippen LogP contribution in [0.4, 0.5) is 23.4 Å². The summed E-state index contributed by atoms with van der Waals surface area (Å²) < 4.78 is 57.2. The number of carbonyl (C=O) groups excluding carboxylic acids is 1. The van der Waals surface area contributed by atoms with Crippen LogP contribution in [-0.4, -0.2) is 42.0 Å². The van der Waals surface area contributed by atoms with Gasteiger partial charge in [0.25, 0.3) is 5.91 Å². The number of anilines is 1. The van der Waals surface area contributed by atoms with Gasteiger partial charge in [-0.3, -0.25) is 4.79 Å². The Kier molecular flexibility index (Phi) is 6.48. The van der Waals surface area contributed by atoms with Gasteiger partial charge in [-0.2, -0.15) is 13.2 Å². The molecule has 1 aromatic carbocycles. The summed E-state index contributed by atoms with van der Waals surface area (Å²) in [5.74, 6) is -0.625. The smallest absolute Gasteiger partial charge is 0.417 e. The molecular formula is C21H23F4N3O2. The van der Waals surface area contributed by atoms with E-state index in [1.807, 2.05) is 6.92 Å². The quantitative estimate of drug-likeness (QED) is 0.712. The minimum Gasteiger partial charge on any atom is -0.493 e. The Hall–Kier alpha value is -2.84. The molecule has 1 unspecified atom stereocenters. The Morgan fingerprint density at radius 2 is 2.07 bits per heavy atom. The highest BCUT2D eigenvalue weighted by Gasteiger charge is 2.34. The highest BCUT2D eigenvalue weighted by atomic mass is 19.4. The number of ether oxygens (including phenoxy) is 1. The van der Waals surface area contributed by atoms with Gasteiger partial charge in [-0.05, 0) is 43.0 Å². The molecule has 5 nitrogen and oxygen atoms in total. The minimum atomic E-state index is -4.45. The van der Waals surface area contributed by atoms with Crippen LogP contribution in [0.3, 0.4) is 0 Å². The zero-order valence-electron chi connectivity index (χ0n) is 16.7. The number of para-hydroxylation sites is 1. The van der Waals surface area contributed by atoms with Crippen molar-refractivity contribution in [3.8, 4) is 5.75 Å². The van der Waals surface area contributed by atoms with Crippen molar-refractivity contribution in [3.63, 3.8) is 0 Å². The Morgan fingerprint density at radius 1 is 1.30 bits per heavy atom. The van der Waals surface area contributed by atoms with Crippen LogP contribution < -0.4 is 10.1 Å². The van der Waals surface area contributed by atoms with E-state index in [2.05, 4.69) is 10.3 Å². The lowest BCUT2D eigenvalue weighted by Crippen LogP contribution is -2.51. The first-order chi connectivity index (χ1) is 14.2. The SMILES string of the molecule is COc1c(F)cccc1C(=O)N1CCC[C@@H](C)C1CNc1ccc(C(F)(F)F)cn1. The maximum atomic E-state index is 14.0.